The summed E-state index contributed by atoms with van der Waals surface area (Å²) in [6.45, 7) is 7.46. The van der Waals surface area contributed by atoms with Crippen LogP contribution < -0.4 is 10.1 Å². The monoisotopic (exact) mass is 568 g/mol. The Labute approximate surface area is 227 Å². The van der Waals surface area contributed by atoms with Crippen molar-refractivity contribution >= 4 is 27.7 Å². The Hall–Kier alpha value is -3.19. The van der Waals surface area contributed by atoms with E-state index >= 15 is 0 Å². The summed E-state index contributed by atoms with van der Waals surface area (Å²) in [5.74, 6) is -0.554. The lowest BCUT2D eigenvalue weighted by molar-refractivity contribution is -0.143. The third-order valence-electron chi connectivity index (χ3n) is 6.34. The number of ether oxygens (including phenoxy) is 1. The maximum atomic E-state index is 14.7. The van der Waals surface area contributed by atoms with Gasteiger partial charge in [-0.3, -0.25) is 9.59 Å². The lowest BCUT2D eigenvalue weighted by Gasteiger charge is -2.32. The number of rotatable bonds is 11. The largest absolute Gasteiger partial charge is 0.484 e. The molecule has 0 heterocycles. The summed E-state index contributed by atoms with van der Waals surface area (Å²) in [6.07, 6.45) is 1.04. The third-order valence-corrected chi connectivity index (χ3v) is 7.59. The first-order valence-corrected chi connectivity index (χ1v) is 13.3. The van der Waals surface area contributed by atoms with Gasteiger partial charge in [-0.25, -0.2) is 4.39 Å². The molecular weight excluding hydrogens is 535 g/mol. The standard InChI is InChI=1S/C30H34BrFN2O3/c1-5-22(4)33-30(36)27(17-23-11-7-6-8-12-23)34(18-24-13-9-10-14-26(24)32)28(35)19-37-25-15-20(2)29(31)21(3)16-25/h6-16,22,27H,5,17-19H2,1-4H3,(H,33,36)/t22-,27+/m0/s1. The van der Waals surface area contributed by atoms with Gasteiger partial charge >= 0.3 is 0 Å². The molecule has 37 heavy (non-hydrogen) atoms. The van der Waals surface area contributed by atoms with Crippen LogP contribution in [0.15, 0.2) is 71.2 Å². The number of carbonyl (C=O) groups excluding carboxylic acids is 2. The van der Waals surface area contributed by atoms with Gasteiger partial charge in [0.15, 0.2) is 6.61 Å². The second-order valence-electron chi connectivity index (χ2n) is 9.30. The Balaban J connectivity index is 1.94. The van der Waals surface area contributed by atoms with Gasteiger partial charge in [0.2, 0.25) is 5.91 Å². The SMILES string of the molecule is CC[C@H](C)NC(=O)[C@@H](Cc1ccccc1)N(Cc1ccccc1F)C(=O)COc1cc(C)c(Br)c(C)c1. The fraction of sp³-hybridized carbons (Fsp3) is 0.333. The fourth-order valence-electron chi connectivity index (χ4n) is 4.02. The number of amides is 2. The first kappa shape index (κ1) is 28.4. The van der Waals surface area contributed by atoms with Crippen molar-refractivity contribution in [2.75, 3.05) is 6.61 Å². The summed E-state index contributed by atoms with van der Waals surface area (Å²) in [5.41, 5.74) is 3.21. The average molecular weight is 570 g/mol. The number of aryl methyl sites for hydroxylation is 2. The molecule has 0 aromatic heterocycles. The van der Waals surface area contributed by atoms with Crippen molar-refractivity contribution in [1.82, 2.24) is 10.2 Å². The Morgan fingerprint density at radius 1 is 1.03 bits per heavy atom. The molecule has 0 aliphatic rings. The van der Waals surface area contributed by atoms with Crippen LogP contribution in [0.4, 0.5) is 4.39 Å². The van der Waals surface area contributed by atoms with Crippen LogP contribution in [-0.2, 0) is 22.6 Å². The molecule has 0 unspecified atom stereocenters. The molecule has 3 aromatic carbocycles. The highest BCUT2D eigenvalue weighted by Crippen LogP contribution is 2.26. The third kappa shape index (κ3) is 7.89. The lowest BCUT2D eigenvalue weighted by Crippen LogP contribution is -2.53. The molecule has 5 nitrogen and oxygen atoms in total. The van der Waals surface area contributed by atoms with E-state index in [9.17, 15) is 14.0 Å². The Kier molecular flexibility index (Phi) is 10.3. The number of carbonyl (C=O) groups is 2. The smallest absolute Gasteiger partial charge is 0.261 e. The fourth-order valence-corrected chi connectivity index (χ4v) is 4.25. The van der Waals surface area contributed by atoms with E-state index in [-0.39, 0.29) is 25.1 Å². The quantitative estimate of drug-likeness (QED) is 0.302. The highest BCUT2D eigenvalue weighted by atomic mass is 79.9. The number of hydrogen-bond donors (Lipinski definition) is 1. The maximum Gasteiger partial charge on any atom is 0.261 e. The van der Waals surface area contributed by atoms with E-state index in [0.29, 0.717) is 17.7 Å². The molecule has 0 fully saturated rings. The molecule has 0 saturated carbocycles. The van der Waals surface area contributed by atoms with Crippen LogP contribution in [-0.4, -0.2) is 35.4 Å². The molecule has 0 saturated heterocycles. The summed E-state index contributed by atoms with van der Waals surface area (Å²) in [7, 11) is 0. The van der Waals surface area contributed by atoms with Crippen molar-refractivity contribution in [2.45, 2.75) is 59.2 Å². The zero-order chi connectivity index (χ0) is 26.9. The van der Waals surface area contributed by atoms with E-state index in [2.05, 4.69) is 21.2 Å². The van der Waals surface area contributed by atoms with Crippen molar-refractivity contribution < 1.29 is 18.7 Å². The summed E-state index contributed by atoms with van der Waals surface area (Å²) >= 11 is 3.54. The summed E-state index contributed by atoms with van der Waals surface area (Å²) in [5, 5.41) is 3.01. The molecular formula is C30H34BrFN2O3. The Morgan fingerprint density at radius 2 is 1.65 bits per heavy atom. The van der Waals surface area contributed by atoms with Crippen LogP contribution in [0.2, 0.25) is 0 Å². The van der Waals surface area contributed by atoms with Gasteiger partial charge < -0.3 is 15.0 Å². The van der Waals surface area contributed by atoms with Gasteiger partial charge in [-0.15, -0.1) is 0 Å². The number of nitrogens with one attached hydrogen (secondary N) is 1. The van der Waals surface area contributed by atoms with Crippen LogP contribution in [0.25, 0.3) is 0 Å². The molecule has 1 N–H and O–H groups in total. The molecule has 2 amide bonds. The van der Waals surface area contributed by atoms with Crippen LogP contribution in [0.3, 0.4) is 0 Å². The van der Waals surface area contributed by atoms with E-state index in [0.717, 1.165) is 27.6 Å². The van der Waals surface area contributed by atoms with Gasteiger partial charge in [0.1, 0.15) is 17.6 Å². The van der Waals surface area contributed by atoms with Gasteiger partial charge in [0.25, 0.3) is 5.91 Å². The molecule has 196 valence electrons. The minimum Gasteiger partial charge on any atom is -0.484 e. The Bertz CT molecular complexity index is 1200. The summed E-state index contributed by atoms with van der Waals surface area (Å²) < 4.78 is 21.5. The van der Waals surface area contributed by atoms with Gasteiger partial charge in [0.05, 0.1) is 0 Å². The number of benzene rings is 3. The number of halogens is 2. The minimum absolute atomic E-state index is 0.0569. The van der Waals surface area contributed by atoms with E-state index < -0.39 is 17.8 Å². The van der Waals surface area contributed by atoms with Crippen molar-refractivity contribution in [3.05, 3.63) is 99.3 Å². The van der Waals surface area contributed by atoms with Gasteiger partial charge in [-0.05, 0) is 62.1 Å². The molecule has 0 bridgehead atoms. The molecule has 0 aliphatic carbocycles. The van der Waals surface area contributed by atoms with Gasteiger partial charge in [-0.2, -0.15) is 0 Å². The van der Waals surface area contributed by atoms with Gasteiger partial charge in [-0.1, -0.05) is 71.4 Å². The number of nitrogens with zero attached hydrogens (tertiary/aromatic N) is 1. The summed E-state index contributed by atoms with van der Waals surface area (Å²) in [6, 6.07) is 18.6. The predicted octanol–water partition coefficient (Wildman–Crippen LogP) is 6.14. The van der Waals surface area contributed by atoms with Crippen molar-refractivity contribution in [3.63, 3.8) is 0 Å². The van der Waals surface area contributed by atoms with Crippen LogP contribution in [0.1, 0.15) is 42.5 Å². The Morgan fingerprint density at radius 3 is 2.27 bits per heavy atom. The molecule has 3 aromatic rings. The van der Waals surface area contributed by atoms with E-state index in [4.69, 9.17) is 4.74 Å². The molecule has 0 radical (unpaired) electrons. The first-order valence-electron chi connectivity index (χ1n) is 12.5. The maximum absolute atomic E-state index is 14.7. The van der Waals surface area contributed by atoms with E-state index in [1.54, 1.807) is 18.2 Å². The van der Waals surface area contributed by atoms with E-state index in [1.165, 1.54) is 11.0 Å². The zero-order valence-electron chi connectivity index (χ0n) is 21.8. The highest BCUT2D eigenvalue weighted by molar-refractivity contribution is 9.10. The second kappa shape index (κ2) is 13.4. The van der Waals surface area contributed by atoms with E-state index in [1.807, 2.05) is 70.2 Å². The molecule has 7 heteroatoms. The van der Waals surface area contributed by atoms with Crippen LogP contribution in [0, 0.1) is 19.7 Å². The normalized spacial score (nSPS) is 12.5. The average Bonchev–Trinajstić information content (AvgIpc) is 2.89. The van der Waals surface area contributed by atoms with Crippen molar-refractivity contribution in [2.24, 2.45) is 0 Å². The van der Waals surface area contributed by atoms with Crippen LogP contribution >= 0.6 is 15.9 Å². The number of hydrogen-bond acceptors (Lipinski definition) is 3. The van der Waals surface area contributed by atoms with Crippen molar-refractivity contribution in [1.29, 1.82) is 0 Å². The first-order chi connectivity index (χ1) is 17.7. The topological polar surface area (TPSA) is 58.6 Å². The van der Waals surface area contributed by atoms with Gasteiger partial charge in [0, 0.05) is 29.0 Å². The molecule has 3 rings (SSSR count). The van der Waals surface area contributed by atoms with Crippen LogP contribution in [0.5, 0.6) is 5.75 Å². The predicted molar refractivity (Wildman–Crippen MR) is 148 cm³/mol. The zero-order valence-corrected chi connectivity index (χ0v) is 23.3. The second-order valence-corrected chi connectivity index (χ2v) is 10.1. The highest BCUT2D eigenvalue weighted by Gasteiger charge is 2.31. The molecule has 0 spiro atoms. The lowest BCUT2D eigenvalue weighted by atomic mass is 10.0. The molecule has 2 atom stereocenters. The minimum atomic E-state index is -0.847. The van der Waals surface area contributed by atoms with Crippen molar-refractivity contribution in [3.8, 4) is 5.75 Å². The summed E-state index contributed by atoms with van der Waals surface area (Å²) in [4.78, 5) is 28.6. The molecule has 0 aliphatic heterocycles.